The van der Waals surface area contributed by atoms with E-state index in [2.05, 4.69) is 28.9 Å². The average Bonchev–Trinajstić information content (AvgIpc) is 2.22. The number of rotatable bonds is 7. The van der Waals surface area contributed by atoms with Crippen LogP contribution >= 0.6 is 0 Å². The van der Waals surface area contributed by atoms with Crippen molar-refractivity contribution >= 4 is 0 Å². The van der Waals surface area contributed by atoms with Gasteiger partial charge in [0.05, 0.1) is 6.54 Å². The highest BCUT2D eigenvalue weighted by atomic mass is 15.2. The van der Waals surface area contributed by atoms with E-state index in [-0.39, 0.29) is 0 Å². The lowest BCUT2D eigenvalue weighted by atomic mass is 10.3. The van der Waals surface area contributed by atoms with Crippen molar-refractivity contribution in [2.75, 3.05) is 33.7 Å². The van der Waals surface area contributed by atoms with Crippen LogP contribution in [0.5, 0.6) is 0 Å². The summed E-state index contributed by atoms with van der Waals surface area (Å²) in [6.45, 7) is 10.1. The summed E-state index contributed by atoms with van der Waals surface area (Å²) in [4.78, 5) is 4.19. The molecule has 0 radical (unpaired) electrons. The summed E-state index contributed by atoms with van der Waals surface area (Å²) in [6, 6.07) is 0. The number of hydrogen-bond acceptors (Lipinski definition) is 2. The maximum absolute atomic E-state index is 5.22. The molecule has 0 aromatic rings. The quantitative estimate of drug-likeness (QED) is 0.460. The van der Waals surface area contributed by atoms with Crippen LogP contribution in [-0.2, 0) is 0 Å². The summed E-state index contributed by atoms with van der Waals surface area (Å²) >= 11 is 0. The largest absolute Gasteiger partial charge is 0.374 e. The van der Waals surface area contributed by atoms with Gasteiger partial charge in [0, 0.05) is 25.8 Å². The van der Waals surface area contributed by atoms with Crippen LogP contribution in [-0.4, -0.2) is 43.5 Å². The summed E-state index contributed by atoms with van der Waals surface area (Å²) in [5.74, 6) is 2.61. The molecule has 0 heterocycles. The fourth-order valence-corrected chi connectivity index (χ4v) is 1.01. The van der Waals surface area contributed by atoms with E-state index in [0.29, 0.717) is 6.54 Å². The van der Waals surface area contributed by atoms with E-state index >= 15 is 0 Å². The molecular weight excluding hydrogens is 184 g/mol. The van der Waals surface area contributed by atoms with Crippen molar-refractivity contribution in [3.05, 3.63) is 37.1 Å². The van der Waals surface area contributed by atoms with Gasteiger partial charge in [-0.1, -0.05) is 31.2 Å². The number of allylic oxidation sites excluding steroid dienone is 3. The first-order valence-corrected chi connectivity index (χ1v) is 4.93. The van der Waals surface area contributed by atoms with Crippen molar-refractivity contribution in [3.63, 3.8) is 0 Å². The minimum Gasteiger partial charge on any atom is -0.374 e. The summed E-state index contributed by atoms with van der Waals surface area (Å²) in [7, 11) is 4.02. The third-order valence-electron chi connectivity index (χ3n) is 2.09. The van der Waals surface area contributed by atoms with Crippen molar-refractivity contribution in [1.29, 1.82) is 0 Å². The molecule has 0 fully saturated rings. The third kappa shape index (κ3) is 6.59. The molecule has 0 amide bonds. The van der Waals surface area contributed by atoms with E-state index < -0.39 is 0 Å². The van der Waals surface area contributed by atoms with E-state index in [1.807, 2.05) is 26.2 Å². The minimum atomic E-state index is 0.683. The fraction of sp³-hybridized carbons (Fsp3) is 0.385. The molecule has 0 rings (SSSR count). The molecule has 0 aliphatic rings. The van der Waals surface area contributed by atoms with E-state index in [4.69, 9.17) is 6.42 Å². The standard InChI is InChI=1S/C13H20N2/c1-6-8-9-13(3)15(5)12-11-14(4)10-7-2/h2,6,8-9H,1,3,10-12H2,4-5H3/b9-8-. The van der Waals surface area contributed by atoms with Gasteiger partial charge in [-0.25, -0.2) is 0 Å². The lowest BCUT2D eigenvalue weighted by Gasteiger charge is -2.22. The van der Waals surface area contributed by atoms with Crippen LogP contribution in [0.3, 0.4) is 0 Å². The fourth-order valence-electron chi connectivity index (χ4n) is 1.01. The molecule has 0 saturated heterocycles. The zero-order chi connectivity index (χ0) is 11.7. The Morgan fingerprint density at radius 3 is 2.60 bits per heavy atom. The normalized spacial score (nSPS) is 10.3. The second-order valence-corrected chi connectivity index (χ2v) is 3.45. The van der Waals surface area contributed by atoms with Gasteiger partial charge in [0.15, 0.2) is 0 Å². The highest BCUT2D eigenvalue weighted by molar-refractivity contribution is 5.16. The Morgan fingerprint density at radius 2 is 2.07 bits per heavy atom. The first-order valence-electron chi connectivity index (χ1n) is 4.93. The van der Waals surface area contributed by atoms with E-state index in [1.54, 1.807) is 6.08 Å². The summed E-state index contributed by atoms with van der Waals surface area (Å²) in [5, 5.41) is 0. The monoisotopic (exact) mass is 204 g/mol. The van der Waals surface area contributed by atoms with Gasteiger partial charge in [0.2, 0.25) is 0 Å². The maximum Gasteiger partial charge on any atom is 0.0597 e. The second kappa shape index (κ2) is 7.90. The van der Waals surface area contributed by atoms with Gasteiger partial charge in [-0.3, -0.25) is 4.90 Å². The Balaban J connectivity index is 3.88. The van der Waals surface area contributed by atoms with Crippen LogP contribution < -0.4 is 0 Å². The van der Waals surface area contributed by atoms with Crippen LogP contribution in [0, 0.1) is 12.3 Å². The van der Waals surface area contributed by atoms with Gasteiger partial charge in [-0.2, -0.15) is 0 Å². The Morgan fingerprint density at radius 1 is 1.40 bits per heavy atom. The van der Waals surface area contributed by atoms with E-state index in [9.17, 15) is 0 Å². The van der Waals surface area contributed by atoms with E-state index in [1.165, 1.54) is 0 Å². The van der Waals surface area contributed by atoms with Crippen LogP contribution in [0.15, 0.2) is 37.1 Å². The third-order valence-corrected chi connectivity index (χ3v) is 2.09. The Bertz CT molecular complexity index is 271. The predicted molar refractivity (Wildman–Crippen MR) is 67.4 cm³/mol. The first-order chi connectivity index (χ1) is 7.11. The molecule has 0 atom stereocenters. The zero-order valence-electron chi connectivity index (χ0n) is 9.74. The molecule has 2 heteroatoms. The van der Waals surface area contributed by atoms with E-state index in [0.717, 1.165) is 18.8 Å². The molecular formula is C13H20N2. The maximum atomic E-state index is 5.22. The van der Waals surface area contributed by atoms with Gasteiger partial charge in [-0.15, -0.1) is 6.42 Å². The molecule has 0 saturated carbocycles. The highest BCUT2D eigenvalue weighted by Gasteiger charge is 2.00. The molecule has 2 nitrogen and oxygen atoms in total. The Labute approximate surface area is 93.6 Å². The summed E-state index contributed by atoms with van der Waals surface area (Å²) in [5.41, 5.74) is 0.976. The highest BCUT2D eigenvalue weighted by Crippen LogP contribution is 2.00. The lowest BCUT2D eigenvalue weighted by molar-refractivity contribution is 0.314. The smallest absolute Gasteiger partial charge is 0.0597 e. The molecule has 0 aromatic carbocycles. The van der Waals surface area contributed by atoms with Crippen LogP contribution in [0.1, 0.15) is 0 Å². The Kier molecular flexibility index (Phi) is 7.13. The van der Waals surface area contributed by atoms with Gasteiger partial charge in [-0.05, 0) is 13.1 Å². The SMILES string of the molecule is C#CCN(C)CCN(C)C(=C)/C=C\C=C. The number of likely N-dealkylation sites (N-methyl/N-ethyl adjacent to an activating group) is 2. The average molecular weight is 204 g/mol. The van der Waals surface area contributed by atoms with Crippen molar-refractivity contribution < 1.29 is 0 Å². The molecule has 0 aliphatic carbocycles. The molecule has 82 valence electrons. The molecule has 0 unspecified atom stereocenters. The van der Waals surface area contributed by atoms with Gasteiger partial charge in [0.25, 0.3) is 0 Å². The predicted octanol–water partition coefficient (Wildman–Crippen LogP) is 1.74. The van der Waals surface area contributed by atoms with Crippen LogP contribution in [0.25, 0.3) is 0 Å². The molecule has 15 heavy (non-hydrogen) atoms. The molecule has 0 aromatic heterocycles. The number of hydrogen-bond donors (Lipinski definition) is 0. The molecule has 0 spiro atoms. The number of nitrogens with zero attached hydrogens (tertiary/aromatic N) is 2. The topological polar surface area (TPSA) is 6.48 Å². The van der Waals surface area contributed by atoms with Crippen molar-refractivity contribution in [1.82, 2.24) is 9.80 Å². The Hall–Kier alpha value is -1.46. The van der Waals surface area contributed by atoms with Gasteiger partial charge in [0.1, 0.15) is 0 Å². The summed E-state index contributed by atoms with van der Waals surface area (Å²) in [6.07, 6.45) is 10.8. The molecule has 0 bridgehead atoms. The second-order valence-electron chi connectivity index (χ2n) is 3.45. The molecule has 0 aliphatic heterocycles. The van der Waals surface area contributed by atoms with Gasteiger partial charge >= 0.3 is 0 Å². The molecule has 0 N–H and O–H groups in total. The van der Waals surface area contributed by atoms with Crippen molar-refractivity contribution in [2.45, 2.75) is 0 Å². The minimum absolute atomic E-state index is 0.683. The van der Waals surface area contributed by atoms with Gasteiger partial charge < -0.3 is 4.90 Å². The number of terminal acetylenes is 1. The van der Waals surface area contributed by atoms with Crippen LogP contribution in [0.4, 0.5) is 0 Å². The summed E-state index contributed by atoms with van der Waals surface area (Å²) < 4.78 is 0. The van der Waals surface area contributed by atoms with Crippen molar-refractivity contribution in [3.8, 4) is 12.3 Å². The first kappa shape index (κ1) is 13.5. The van der Waals surface area contributed by atoms with Crippen molar-refractivity contribution in [2.24, 2.45) is 0 Å². The van der Waals surface area contributed by atoms with Crippen LogP contribution in [0.2, 0.25) is 0 Å². The zero-order valence-corrected chi connectivity index (χ0v) is 9.74. The lowest BCUT2D eigenvalue weighted by Crippen LogP contribution is -2.30.